The fourth-order valence-electron chi connectivity index (χ4n) is 5.33. The number of hydrogen-bond acceptors (Lipinski definition) is 6. The number of halogens is 1. The van der Waals surface area contributed by atoms with Crippen LogP contribution in [-0.4, -0.2) is 63.6 Å². The van der Waals surface area contributed by atoms with Gasteiger partial charge in [-0.3, -0.25) is 19.6 Å². The number of carbonyl (C=O) groups excluding carboxylic acids is 2. The van der Waals surface area contributed by atoms with Crippen molar-refractivity contribution in [3.05, 3.63) is 101 Å². The Bertz CT molecular complexity index is 1510. The molecule has 1 radical (unpaired) electrons. The summed E-state index contributed by atoms with van der Waals surface area (Å²) in [6.07, 6.45) is 2.16. The Morgan fingerprint density at radius 2 is 1.66 bits per heavy atom. The fourth-order valence-corrected chi connectivity index (χ4v) is 6.03. The van der Waals surface area contributed by atoms with E-state index in [-0.39, 0.29) is 11.8 Å². The molecule has 0 saturated carbocycles. The van der Waals surface area contributed by atoms with Gasteiger partial charge in [-0.15, -0.1) is 0 Å². The number of carbonyl (C=O) groups is 2. The van der Waals surface area contributed by atoms with Crippen LogP contribution < -0.4 is 20.3 Å². The predicted octanol–water partition coefficient (Wildman–Crippen LogP) is 3.14. The number of fused-ring (bicyclic) bond motifs is 1. The van der Waals surface area contributed by atoms with E-state index in [1.54, 1.807) is 29.2 Å². The molecule has 1 fully saturated rings. The lowest BCUT2D eigenvalue weighted by atomic mass is 9.93. The van der Waals surface area contributed by atoms with Crippen molar-refractivity contribution in [2.24, 2.45) is 0 Å². The van der Waals surface area contributed by atoms with Crippen molar-refractivity contribution >= 4 is 44.8 Å². The number of para-hydroxylation sites is 2. The Kier molecular flexibility index (Phi) is 8.82. The third kappa shape index (κ3) is 7.19. The van der Waals surface area contributed by atoms with Crippen molar-refractivity contribution in [3.8, 4) is 0 Å². The molecule has 9 nitrogen and oxygen atoms in total. The summed E-state index contributed by atoms with van der Waals surface area (Å²) in [7, 11) is -3.44. The summed E-state index contributed by atoms with van der Waals surface area (Å²) < 4.78 is 26.3. The predicted molar refractivity (Wildman–Crippen MR) is 161 cm³/mol. The SMILES string of the molecule is CS(=O)(=O)Nc1ccccc1N1CCN(C(=O)[C@@H](Cc2ccc(Cl)cc2)NC(=O)C2N[CH]Cc3ccccc32)CC1. The second-order valence-corrected chi connectivity index (χ2v) is 12.5. The summed E-state index contributed by atoms with van der Waals surface area (Å²) in [6, 6.07) is 20.9. The lowest BCUT2D eigenvalue weighted by Crippen LogP contribution is -2.56. The Hall–Kier alpha value is -3.60. The fraction of sp³-hybridized carbons (Fsp3) is 0.300. The molecule has 215 valence electrons. The Morgan fingerprint density at radius 3 is 2.39 bits per heavy atom. The molecule has 3 N–H and O–H groups in total. The Labute approximate surface area is 245 Å². The molecule has 3 aromatic rings. The van der Waals surface area contributed by atoms with Crippen LogP contribution in [0.3, 0.4) is 0 Å². The zero-order valence-corrected chi connectivity index (χ0v) is 24.3. The van der Waals surface area contributed by atoms with E-state index in [1.165, 1.54) is 0 Å². The first-order valence-electron chi connectivity index (χ1n) is 13.5. The number of benzene rings is 3. The molecule has 2 aliphatic rings. The minimum absolute atomic E-state index is 0.163. The molecule has 2 atom stereocenters. The summed E-state index contributed by atoms with van der Waals surface area (Å²) in [5, 5.41) is 6.81. The molecule has 0 aliphatic carbocycles. The Balaban J connectivity index is 1.31. The van der Waals surface area contributed by atoms with Crippen LogP contribution in [0.15, 0.2) is 72.8 Å². The van der Waals surface area contributed by atoms with E-state index in [0.29, 0.717) is 43.3 Å². The minimum atomic E-state index is -3.44. The highest BCUT2D eigenvalue weighted by Gasteiger charge is 2.33. The van der Waals surface area contributed by atoms with E-state index >= 15 is 0 Å². The highest BCUT2D eigenvalue weighted by molar-refractivity contribution is 7.92. The Morgan fingerprint density at radius 1 is 0.976 bits per heavy atom. The molecule has 2 heterocycles. The maximum absolute atomic E-state index is 13.9. The van der Waals surface area contributed by atoms with Gasteiger partial charge in [0.25, 0.3) is 0 Å². The molecule has 2 amide bonds. The lowest BCUT2D eigenvalue weighted by Gasteiger charge is -2.38. The van der Waals surface area contributed by atoms with Gasteiger partial charge in [0.15, 0.2) is 0 Å². The summed E-state index contributed by atoms with van der Waals surface area (Å²) in [5.41, 5.74) is 4.12. The molecule has 3 aromatic carbocycles. The van der Waals surface area contributed by atoms with Crippen molar-refractivity contribution in [1.29, 1.82) is 0 Å². The first-order valence-corrected chi connectivity index (χ1v) is 15.8. The van der Waals surface area contributed by atoms with Gasteiger partial charge in [0.1, 0.15) is 12.1 Å². The molecule has 11 heteroatoms. The number of nitrogens with zero attached hydrogens (tertiary/aromatic N) is 2. The van der Waals surface area contributed by atoms with Crippen LogP contribution in [0.5, 0.6) is 0 Å². The van der Waals surface area contributed by atoms with Gasteiger partial charge in [0.05, 0.1) is 17.6 Å². The normalized spacial score (nSPS) is 17.9. The molecule has 2 aliphatic heterocycles. The van der Waals surface area contributed by atoms with Crippen molar-refractivity contribution in [2.45, 2.75) is 24.9 Å². The first-order chi connectivity index (χ1) is 19.7. The van der Waals surface area contributed by atoms with E-state index in [4.69, 9.17) is 11.6 Å². The van der Waals surface area contributed by atoms with Crippen LogP contribution in [-0.2, 0) is 32.5 Å². The third-order valence-corrected chi connectivity index (χ3v) is 8.18. The van der Waals surface area contributed by atoms with Crippen LogP contribution in [0.25, 0.3) is 0 Å². The number of nitrogens with one attached hydrogen (secondary N) is 3. The van der Waals surface area contributed by atoms with Gasteiger partial charge in [-0.25, -0.2) is 8.42 Å². The van der Waals surface area contributed by atoms with Gasteiger partial charge in [-0.1, -0.05) is 60.1 Å². The summed E-state index contributed by atoms with van der Waals surface area (Å²) in [6.45, 7) is 3.76. The van der Waals surface area contributed by atoms with Crippen molar-refractivity contribution < 1.29 is 18.0 Å². The molecule has 41 heavy (non-hydrogen) atoms. The molecule has 0 aromatic heterocycles. The zero-order chi connectivity index (χ0) is 29.0. The third-order valence-electron chi connectivity index (χ3n) is 7.33. The first kappa shape index (κ1) is 28.9. The molecular formula is C30H33ClN5O4S. The van der Waals surface area contributed by atoms with Crippen LogP contribution >= 0.6 is 11.6 Å². The largest absolute Gasteiger partial charge is 0.366 e. The van der Waals surface area contributed by atoms with Gasteiger partial charge < -0.3 is 15.1 Å². The monoisotopic (exact) mass is 594 g/mol. The highest BCUT2D eigenvalue weighted by Crippen LogP contribution is 2.28. The maximum Gasteiger partial charge on any atom is 0.245 e. The molecule has 0 spiro atoms. The number of amides is 2. The van der Waals surface area contributed by atoms with E-state index < -0.39 is 22.1 Å². The smallest absolute Gasteiger partial charge is 0.245 e. The molecular weight excluding hydrogens is 562 g/mol. The van der Waals surface area contributed by atoms with Gasteiger partial charge in [-0.05, 0) is 47.4 Å². The van der Waals surface area contributed by atoms with E-state index in [2.05, 4.69) is 20.3 Å². The van der Waals surface area contributed by atoms with E-state index in [1.807, 2.05) is 55.1 Å². The van der Waals surface area contributed by atoms with Crippen molar-refractivity contribution in [2.75, 3.05) is 42.1 Å². The highest BCUT2D eigenvalue weighted by atomic mass is 35.5. The minimum Gasteiger partial charge on any atom is -0.366 e. The second-order valence-electron chi connectivity index (χ2n) is 10.3. The van der Waals surface area contributed by atoms with Gasteiger partial charge >= 0.3 is 0 Å². The molecule has 1 saturated heterocycles. The number of hydrogen-bond donors (Lipinski definition) is 3. The second kappa shape index (κ2) is 12.5. The molecule has 5 rings (SSSR count). The number of piperazine rings is 1. The van der Waals surface area contributed by atoms with Gasteiger partial charge in [0.2, 0.25) is 21.8 Å². The van der Waals surface area contributed by atoms with Crippen LogP contribution in [0.1, 0.15) is 22.7 Å². The summed E-state index contributed by atoms with van der Waals surface area (Å²) in [4.78, 5) is 31.2. The van der Waals surface area contributed by atoms with Gasteiger partial charge in [-0.2, -0.15) is 0 Å². The number of anilines is 2. The van der Waals surface area contributed by atoms with Crippen LogP contribution in [0, 0.1) is 6.54 Å². The average molecular weight is 595 g/mol. The standard InChI is InChI=1S/C30H33ClN5O4S/c1-41(39,40)34-25-8-4-5-9-27(25)35-16-18-36(19-17-35)30(38)26(20-21-10-12-23(31)13-11-21)33-29(37)28-24-7-3-2-6-22(24)14-15-32-28/h2-13,15,26,28,32,34H,14,16-20H2,1H3,(H,33,37)/t26-,28?/m1/s1. The van der Waals surface area contributed by atoms with Crippen LogP contribution in [0.2, 0.25) is 5.02 Å². The summed E-state index contributed by atoms with van der Waals surface area (Å²) >= 11 is 6.08. The van der Waals surface area contributed by atoms with Crippen LogP contribution in [0.4, 0.5) is 11.4 Å². The average Bonchev–Trinajstić information content (AvgIpc) is 2.97. The zero-order valence-electron chi connectivity index (χ0n) is 22.7. The maximum atomic E-state index is 13.9. The van der Waals surface area contributed by atoms with Gasteiger partial charge in [0, 0.05) is 44.2 Å². The summed E-state index contributed by atoms with van der Waals surface area (Å²) in [5.74, 6) is -0.427. The molecule has 0 bridgehead atoms. The topological polar surface area (TPSA) is 111 Å². The van der Waals surface area contributed by atoms with E-state index in [9.17, 15) is 18.0 Å². The van der Waals surface area contributed by atoms with Crippen molar-refractivity contribution in [3.63, 3.8) is 0 Å². The lowest BCUT2D eigenvalue weighted by molar-refractivity contribution is -0.137. The molecule has 1 unspecified atom stereocenters. The quantitative estimate of drug-likeness (QED) is 0.370. The van der Waals surface area contributed by atoms with Crippen molar-refractivity contribution in [1.82, 2.24) is 15.5 Å². The number of rotatable bonds is 8. The number of sulfonamides is 1. The van der Waals surface area contributed by atoms with E-state index in [0.717, 1.165) is 35.1 Å².